The molecule has 0 amide bonds. The molecule has 2 N–H and O–H groups in total. The van der Waals surface area contributed by atoms with Crippen molar-refractivity contribution in [1.29, 1.82) is 0 Å². The van der Waals surface area contributed by atoms with Gasteiger partial charge in [-0.3, -0.25) is 0 Å². The highest BCUT2D eigenvalue weighted by Gasteiger charge is 2.23. The summed E-state index contributed by atoms with van der Waals surface area (Å²) >= 11 is 0. The van der Waals surface area contributed by atoms with Gasteiger partial charge in [-0.15, -0.1) is 0 Å². The van der Waals surface area contributed by atoms with Crippen molar-refractivity contribution >= 4 is 10.9 Å². The number of fused-ring (bicyclic) bond motifs is 1. The maximum absolute atomic E-state index is 11.1. The predicted octanol–water partition coefficient (Wildman–Crippen LogP) is 5.72. The van der Waals surface area contributed by atoms with E-state index in [0.717, 1.165) is 37.3 Å². The Balaban J connectivity index is 1.59. The summed E-state index contributed by atoms with van der Waals surface area (Å²) in [6, 6.07) is 25.7. The number of rotatable bonds is 8. The second-order valence-electron chi connectivity index (χ2n) is 9.49. The Labute approximate surface area is 202 Å². The molecule has 4 nitrogen and oxygen atoms in total. The number of aryl methyl sites for hydroxylation is 2. The molecule has 0 unspecified atom stereocenters. The van der Waals surface area contributed by atoms with Gasteiger partial charge in [0.25, 0.3) is 0 Å². The Hall–Kier alpha value is -2.92. The van der Waals surface area contributed by atoms with Crippen molar-refractivity contribution in [2.24, 2.45) is 0 Å². The van der Waals surface area contributed by atoms with E-state index in [-0.39, 0.29) is 6.10 Å². The molecule has 2 heterocycles. The Morgan fingerprint density at radius 1 is 1.00 bits per heavy atom. The molecule has 0 saturated carbocycles. The van der Waals surface area contributed by atoms with Crippen LogP contribution in [-0.2, 0) is 11.3 Å². The van der Waals surface area contributed by atoms with Crippen LogP contribution in [0.5, 0.6) is 0 Å². The molecular formula is C30H34N2O2. The van der Waals surface area contributed by atoms with Crippen LogP contribution >= 0.6 is 0 Å². The number of hydrogen-bond donors (Lipinski definition) is 2. The maximum atomic E-state index is 11.1. The fourth-order valence-electron chi connectivity index (χ4n) is 5.35. The molecule has 1 aliphatic rings. The summed E-state index contributed by atoms with van der Waals surface area (Å²) in [4.78, 5) is 0. The molecular weight excluding hydrogens is 420 g/mol. The number of aliphatic hydroxyl groups is 1. The lowest BCUT2D eigenvalue weighted by Crippen LogP contribution is -2.35. The number of benzene rings is 3. The summed E-state index contributed by atoms with van der Waals surface area (Å²) in [5, 5.41) is 15.8. The van der Waals surface area contributed by atoms with Crippen LogP contribution in [0, 0.1) is 13.8 Å². The van der Waals surface area contributed by atoms with E-state index in [9.17, 15) is 5.11 Å². The van der Waals surface area contributed by atoms with Crippen LogP contribution in [-0.4, -0.2) is 41.6 Å². The zero-order valence-electron chi connectivity index (χ0n) is 20.1. The lowest BCUT2D eigenvalue weighted by atomic mass is 9.97. The van der Waals surface area contributed by atoms with Crippen molar-refractivity contribution in [2.45, 2.75) is 45.4 Å². The van der Waals surface area contributed by atoms with Crippen LogP contribution in [0.4, 0.5) is 0 Å². The largest absolute Gasteiger partial charge is 0.390 e. The minimum absolute atomic E-state index is 0.273. The van der Waals surface area contributed by atoms with Crippen molar-refractivity contribution in [3.05, 3.63) is 83.9 Å². The molecule has 0 aliphatic carbocycles. The standard InChI is InChI=1S/C30H34N2O2/c1-21-16-22(2)29-27(17-21)28(23-10-5-3-6-11-23)30(24-12-7-4-8-13-24)32(29)20-25(33)18-31-19-26-14-9-15-34-26/h3-8,10-13,16-17,25-26,31,33H,9,14-15,18-20H2,1-2H3/t25-,26-/m0/s1. The molecule has 2 atom stereocenters. The first kappa shape index (κ1) is 22.9. The summed E-state index contributed by atoms with van der Waals surface area (Å²) in [6.07, 6.45) is 1.99. The normalized spacial score (nSPS) is 16.9. The molecule has 1 saturated heterocycles. The van der Waals surface area contributed by atoms with Crippen LogP contribution in [0.25, 0.3) is 33.3 Å². The summed E-state index contributed by atoms with van der Waals surface area (Å²) in [7, 11) is 0. The summed E-state index contributed by atoms with van der Waals surface area (Å²) in [5.41, 5.74) is 8.42. The third-order valence-corrected chi connectivity index (χ3v) is 6.77. The molecule has 1 aromatic heterocycles. The average Bonchev–Trinajstić information content (AvgIpc) is 3.46. The molecule has 4 aromatic rings. The van der Waals surface area contributed by atoms with E-state index in [4.69, 9.17) is 4.74 Å². The predicted molar refractivity (Wildman–Crippen MR) is 140 cm³/mol. The van der Waals surface area contributed by atoms with Gasteiger partial charge in [-0.2, -0.15) is 0 Å². The molecule has 5 rings (SSSR count). The smallest absolute Gasteiger partial charge is 0.0843 e. The van der Waals surface area contributed by atoms with E-state index >= 15 is 0 Å². The number of nitrogens with zero attached hydrogens (tertiary/aromatic N) is 1. The van der Waals surface area contributed by atoms with E-state index in [1.54, 1.807) is 0 Å². The van der Waals surface area contributed by atoms with Crippen molar-refractivity contribution in [1.82, 2.24) is 9.88 Å². The van der Waals surface area contributed by atoms with Gasteiger partial charge in [0, 0.05) is 30.6 Å². The Kier molecular flexibility index (Phi) is 6.82. The zero-order valence-corrected chi connectivity index (χ0v) is 20.1. The van der Waals surface area contributed by atoms with Gasteiger partial charge in [-0.05, 0) is 49.4 Å². The monoisotopic (exact) mass is 454 g/mol. The molecule has 0 spiro atoms. The van der Waals surface area contributed by atoms with E-state index in [0.29, 0.717) is 13.1 Å². The lowest BCUT2D eigenvalue weighted by molar-refractivity contribution is 0.101. The number of aliphatic hydroxyl groups excluding tert-OH is 1. The molecule has 34 heavy (non-hydrogen) atoms. The molecule has 176 valence electrons. The van der Waals surface area contributed by atoms with Crippen molar-refractivity contribution in [2.75, 3.05) is 19.7 Å². The molecule has 3 aromatic carbocycles. The third kappa shape index (κ3) is 4.67. The van der Waals surface area contributed by atoms with Crippen molar-refractivity contribution < 1.29 is 9.84 Å². The first-order valence-corrected chi connectivity index (χ1v) is 12.4. The van der Waals surface area contributed by atoms with Gasteiger partial charge < -0.3 is 19.7 Å². The van der Waals surface area contributed by atoms with Crippen molar-refractivity contribution in [3.63, 3.8) is 0 Å². The molecule has 4 heteroatoms. The van der Waals surface area contributed by atoms with Gasteiger partial charge in [-0.1, -0.05) is 72.3 Å². The summed E-state index contributed by atoms with van der Waals surface area (Å²) in [5.74, 6) is 0. The highest BCUT2D eigenvalue weighted by atomic mass is 16.5. The molecule has 0 bridgehead atoms. The van der Waals surface area contributed by atoms with Crippen LogP contribution in [0.3, 0.4) is 0 Å². The Morgan fingerprint density at radius 2 is 1.71 bits per heavy atom. The van der Waals surface area contributed by atoms with Crippen LogP contribution in [0.15, 0.2) is 72.8 Å². The second kappa shape index (κ2) is 10.1. The topological polar surface area (TPSA) is 46.4 Å². The van der Waals surface area contributed by atoms with E-state index in [1.165, 1.54) is 33.2 Å². The van der Waals surface area contributed by atoms with Crippen molar-refractivity contribution in [3.8, 4) is 22.4 Å². The van der Waals surface area contributed by atoms with E-state index in [1.807, 2.05) is 0 Å². The molecule has 0 radical (unpaired) electrons. The first-order chi connectivity index (χ1) is 16.6. The first-order valence-electron chi connectivity index (χ1n) is 12.4. The SMILES string of the molecule is Cc1cc(C)c2c(c1)c(-c1ccccc1)c(-c1ccccc1)n2C[C@@H](O)CNC[C@@H]1CCCO1. The lowest BCUT2D eigenvalue weighted by Gasteiger charge is -2.19. The average molecular weight is 455 g/mol. The summed E-state index contributed by atoms with van der Waals surface area (Å²) in [6.45, 7) is 7.05. The third-order valence-electron chi connectivity index (χ3n) is 6.77. The fourth-order valence-corrected chi connectivity index (χ4v) is 5.35. The fraction of sp³-hybridized carbons (Fsp3) is 0.333. The van der Waals surface area contributed by atoms with Gasteiger partial charge in [0.1, 0.15) is 0 Å². The minimum Gasteiger partial charge on any atom is -0.390 e. The summed E-state index contributed by atoms with van der Waals surface area (Å²) < 4.78 is 8.05. The highest BCUT2D eigenvalue weighted by Crippen LogP contribution is 2.42. The number of nitrogens with one attached hydrogen (secondary N) is 1. The number of ether oxygens (including phenoxy) is 1. The van der Waals surface area contributed by atoms with Crippen LogP contribution in [0.1, 0.15) is 24.0 Å². The Morgan fingerprint density at radius 3 is 2.38 bits per heavy atom. The minimum atomic E-state index is -0.510. The number of hydrogen-bond acceptors (Lipinski definition) is 3. The van der Waals surface area contributed by atoms with Crippen LogP contribution < -0.4 is 5.32 Å². The second-order valence-corrected chi connectivity index (χ2v) is 9.49. The maximum Gasteiger partial charge on any atom is 0.0843 e. The van der Waals surface area contributed by atoms with Gasteiger partial charge in [0.05, 0.1) is 30.0 Å². The van der Waals surface area contributed by atoms with Gasteiger partial charge in [0.15, 0.2) is 0 Å². The highest BCUT2D eigenvalue weighted by molar-refractivity contribution is 6.06. The quantitative estimate of drug-likeness (QED) is 0.358. The molecule has 1 aliphatic heterocycles. The zero-order chi connectivity index (χ0) is 23.5. The van der Waals surface area contributed by atoms with Gasteiger partial charge in [0.2, 0.25) is 0 Å². The number of aromatic nitrogens is 1. The Bertz CT molecular complexity index is 1240. The van der Waals surface area contributed by atoms with E-state index in [2.05, 4.69) is 96.5 Å². The van der Waals surface area contributed by atoms with Crippen LogP contribution in [0.2, 0.25) is 0 Å². The van der Waals surface area contributed by atoms with Gasteiger partial charge in [-0.25, -0.2) is 0 Å². The van der Waals surface area contributed by atoms with E-state index < -0.39 is 6.10 Å². The molecule has 1 fully saturated rings. The van der Waals surface area contributed by atoms with Gasteiger partial charge >= 0.3 is 0 Å².